The van der Waals surface area contributed by atoms with Crippen molar-refractivity contribution in [2.45, 2.75) is 257 Å². The molecule has 0 aliphatic carbocycles. The van der Waals surface area contributed by atoms with Gasteiger partial charge < -0.3 is 20.3 Å². The third-order valence-corrected chi connectivity index (χ3v) is 10.7. The van der Waals surface area contributed by atoms with E-state index >= 15 is 0 Å². The Kier molecular flexibility index (Phi) is 42.7. The van der Waals surface area contributed by atoms with Gasteiger partial charge >= 0.3 is 5.97 Å². The highest BCUT2D eigenvalue weighted by Crippen LogP contribution is 2.15. The number of aliphatic hydroxyl groups is 2. The van der Waals surface area contributed by atoms with Crippen molar-refractivity contribution in [3.63, 3.8) is 0 Å². The Morgan fingerprint density at radius 3 is 1.35 bits per heavy atom. The molecule has 2 unspecified atom stereocenters. The van der Waals surface area contributed by atoms with Gasteiger partial charge in [0.25, 0.3) is 0 Å². The minimum absolute atomic E-state index is 0.0378. The van der Waals surface area contributed by atoms with Crippen LogP contribution in [0.1, 0.15) is 245 Å². The highest BCUT2D eigenvalue weighted by molar-refractivity contribution is 5.76. The monoisotopic (exact) mass is 762 g/mol. The van der Waals surface area contributed by atoms with Crippen LogP contribution in [-0.4, -0.2) is 47.4 Å². The second kappa shape index (κ2) is 44.1. The van der Waals surface area contributed by atoms with Gasteiger partial charge in [-0.3, -0.25) is 9.59 Å². The average Bonchev–Trinajstić information content (AvgIpc) is 3.17. The van der Waals surface area contributed by atoms with Crippen LogP contribution >= 0.6 is 0 Å². The Morgan fingerprint density at radius 2 is 0.889 bits per heavy atom. The summed E-state index contributed by atoms with van der Waals surface area (Å²) in [5.74, 6) is -0.166. The highest BCUT2D eigenvalue weighted by atomic mass is 16.5. The van der Waals surface area contributed by atoms with Crippen LogP contribution in [0.4, 0.5) is 0 Å². The quantitative estimate of drug-likeness (QED) is 0.0327. The number of amides is 1. The van der Waals surface area contributed by atoms with Crippen molar-refractivity contribution in [3.8, 4) is 0 Å². The van der Waals surface area contributed by atoms with Crippen LogP contribution < -0.4 is 5.32 Å². The summed E-state index contributed by atoms with van der Waals surface area (Å²) >= 11 is 0. The molecule has 3 N–H and O–H groups in total. The molecule has 0 aromatic heterocycles. The molecular weight excluding hydrogens is 671 g/mol. The number of nitrogens with one attached hydrogen (secondary N) is 1. The number of esters is 1. The predicted molar refractivity (Wildman–Crippen MR) is 232 cm³/mol. The van der Waals surface area contributed by atoms with Crippen molar-refractivity contribution in [3.05, 3.63) is 24.3 Å². The molecule has 6 heteroatoms. The lowest BCUT2D eigenvalue weighted by Gasteiger charge is -2.19. The molecule has 0 saturated carbocycles. The minimum atomic E-state index is -0.874. The fourth-order valence-corrected chi connectivity index (χ4v) is 7.05. The number of ether oxygens (including phenoxy) is 1. The van der Waals surface area contributed by atoms with E-state index in [0.717, 1.165) is 70.6 Å². The Bertz CT molecular complexity index is 843. The third kappa shape index (κ3) is 40.0. The smallest absolute Gasteiger partial charge is 0.305 e. The zero-order valence-electron chi connectivity index (χ0n) is 36.0. The van der Waals surface area contributed by atoms with Crippen LogP contribution in [0, 0.1) is 0 Å². The normalized spacial score (nSPS) is 12.9. The molecule has 0 aliphatic rings. The van der Waals surface area contributed by atoms with Crippen LogP contribution in [0.15, 0.2) is 24.3 Å². The van der Waals surface area contributed by atoms with Crippen molar-refractivity contribution in [2.24, 2.45) is 0 Å². The molecule has 0 heterocycles. The zero-order chi connectivity index (χ0) is 39.4. The number of aliphatic hydroxyl groups excluding tert-OH is 2. The molecule has 0 rings (SSSR count). The van der Waals surface area contributed by atoms with Crippen LogP contribution in [0.25, 0.3) is 0 Å². The van der Waals surface area contributed by atoms with Crippen LogP contribution in [0.3, 0.4) is 0 Å². The first-order chi connectivity index (χ1) is 26.5. The molecule has 0 aromatic rings. The van der Waals surface area contributed by atoms with Gasteiger partial charge in [-0.05, 0) is 51.4 Å². The number of carbonyl (C=O) groups excluding carboxylic acids is 2. The molecule has 0 bridgehead atoms. The van der Waals surface area contributed by atoms with Crippen molar-refractivity contribution >= 4 is 11.9 Å². The fraction of sp³-hybridized carbons (Fsp3) is 0.875. The third-order valence-electron chi connectivity index (χ3n) is 10.7. The van der Waals surface area contributed by atoms with Gasteiger partial charge in [0.15, 0.2) is 0 Å². The summed E-state index contributed by atoms with van der Waals surface area (Å²) in [6.45, 7) is 4.80. The molecule has 6 nitrogen and oxygen atoms in total. The minimum Gasteiger partial charge on any atom is -0.466 e. The topological polar surface area (TPSA) is 95.9 Å². The summed E-state index contributed by atoms with van der Waals surface area (Å²) in [7, 11) is 0. The Hall–Kier alpha value is -1.66. The van der Waals surface area contributed by atoms with E-state index in [1.807, 2.05) is 6.08 Å². The second-order valence-electron chi connectivity index (χ2n) is 16.1. The first-order valence-corrected chi connectivity index (χ1v) is 23.6. The first kappa shape index (κ1) is 52.3. The number of allylic oxidation sites excluding steroid dienone is 3. The van der Waals surface area contributed by atoms with E-state index < -0.39 is 12.1 Å². The van der Waals surface area contributed by atoms with E-state index in [1.165, 1.54) is 148 Å². The van der Waals surface area contributed by atoms with Crippen LogP contribution in [0.2, 0.25) is 0 Å². The van der Waals surface area contributed by atoms with Crippen molar-refractivity contribution < 1.29 is 24.5 Å². The SMILES string of the molecule is CCCCCCCCCCCCCCCC/C=C/C(O)C(CO)NC(=O)CCC/C=C\CCCCCCOC(=O)CCCCCCCCCCCCCC. The summed E-state index contributed by atoms with van der Waals surface area (Å²) in [5.41, 5.74) is 0. The Morgan fingerprint density at radius 1 is 0.500 bits per heavy atom. The lowest BCUT2D eigenvalue weighted by atomic mass is 10.0. The zero-order valence-corrected chi connectivity index (χ0v) is 36.0. The van der Waals surface area contributed by atoms with Gasteiger partial charge in [-0.1, -0.05) is 205 Å². The molecule has 1 amide bonds. The summed E-state index contributed by atoms with van der Waals surface area (Å²) < 4.78 is 5.42. The van der Waals surface area contributed by atoms with E-state index in [1.54, 1.807) is 6.08 Å². The Labute approximate surface area is 335 Å². The summed E-state index contributed by atoms with van der Waals surface area (Å²) in [5, 5.41) is 23.0. The Balaban J connectivity index is 3.60. The van der Waals surface area contributed by atoms with Crippen LogP contribution in [0.5, 0.6) is 0 Å². The summed E-state index contributed by atoms with van der Waals surface area (Å²) in [6.07, 6.45) is 50.3. The molecule has 0 aromatic carbocycles. The molecule has 0 radical (unpaired) electrons. The fourth-order valence-electron chi connectivity index (χ4n) is 7.05. The first-order valence-electron chi connectivity index (χ1n) is 23.6. The van der Waals surface area contributed by atoms with Gasteiger partial charge in [-0.2, -0.15) is 0 Å². The van der Waals surface area contributed by atoms with Crippen LogP contribution in [-0.2, 0) is 14.3 Å². The molecule has 0 fully saturated rings. The van der Waals surface area contributed by atoms with Gasteiger partial charge in [0.05, 0.1) is 25.4 Å². The number of carbonyl (C=O) groups is 2. The summed E-state index contributed by atoms with van der Waals surface area (Å²) in [4.78, 5) is 24.4. The highest BCUT2D eigenvalue weighted by Gasteiger charge is 2.17. The maximum Gasteiger partial charge on any atom is 0.305 e. The van der Waals surface area contributed by atoms with E-state index in [9.17, 15) is 19.8 Å². The predicted octanol–water partition coefficient (Wildman–Crippen LogP) is 13.6. The van der Waals surface area contributed by atoms with Gasteiger partial charge in [0.2, 0.25) is 5.91 Å². The van der Waals surface area contributed by atoms with E-state index in [0.29, 0.717) is 19.4 Å². The molecule has 0 spiro atoms. The number of rotatable bonds is 43. The van der Waals surface area contributed by atoms with Gasteiger partial charge in [-0.15, -0.1) is 0 Å². The van der Waals surface area contributed by atoms with E-state index in [4.69, 9.17) is 4.74 Å². The molecule has 54 heavy (non-hydrogen) atoms. The average molecular weight is 762 g/mol. The standard InChI is InChI=1S/C48H91NO5/c1-3-5-7-9-11-13-15-17-18-19-20-21-24-28-32-36-40-46(51)45(44-50)49-47(52)41-37-33-29-25-23-27-31-35-39-43-54-48(53)42-38-34-30-26-22-16-14-12-10-8-6-4-2/h25,29,36,40,45-46,50-51H,3-24,26-28,30-35,37-39,41-44H2,1-2H3,(H,49,52)/b29-25-,40-36+. The van der Waals surface area contributed by atoms with E-state index in [2.05, 4.69) is 31.3 Å². The van der Waals surface area contributed by atoms with Gasteiger partial charge in [-0.25, -0.2) is 0 Å². The van der Waals surface area contributed by atoms with E-state index in [-0.39, 0.29) is 18.5 Å². The lowest BCUT2D eigenvalue weighted by Crippen LogP contribution is -2.45. The lowest BCUT2D eigenvalue weighted by molar-refractivity contribution is -0.143. The van der Waals surface area contributed by atoms with Crippen molar-refractivity contribution in [2.75, 3.05) is 13.2 Å². The molecule has 0 aliphatic heterocycles. The van der Waals surface area contributed by atoms with Gasteiger partial charge in [0, 0.05) is 12.8 Å². The molecule has 2 atom stereocenters. The van der Waals surface area contributed by atoms with Crippen molar-refractivity contribution in [1.29, 1.82) is 0 Å². The maximum absolute atomic E-state index is 12.4. The number of hydrogen-bond acceptors (Lipinski definition) is 5. The molecule has 0 saturated heterocycles. The summed E-state index contributed by atoms with van der Waals surface area (Å²) in [6, 6.07) is -0.664. The molecule has 318 valence electrons. The largest absolute Gasteiger partial charge is 0.466 e. The maximum atomic E-state index is 12.4. The van der Waals surface area contributed by atoms with Gasteiger partial charge in [0.1, 0.15) is 0 Å². The van der Waals surface area contributed by atoms with Crippen molar-refractivity contribution in [1.82, 2.24) is 5.32 Å². The number of hydrogen-bond donors (Lipinski definition) is 3. The second-order valence-corrected chi connectivity index (χ2v) is 16.1. The molecular formula is C48H91NO5. The number of unbranched alkanes of at least 4 members (excludes halogenated alkanes) is 30.